The van der Waals surface area contributed by atoms with Gasteiger partial charge < -0.3 is 5.32 Å². The van der Waals surface area contributed by atoms with Crippen LogP contribution >= 0.6 is 0 Å². The van der Waals surface area contributed by atoms with E-state index in [4.69, 9.17) is 0 Å². The van der Waals surface area contributed by atoms with E-state index in [1.807, 2.05) is 30.3 Å². The zero-order valence-electron chi connectivity index (χ0n) is 10.4. The summed E-state index contributed by atoms with van der Waals surface area (Å²) >= 11 is 0. The number of benzene rings is 1. The maximum atomic E-state index is 11.8. The van der Waals surface area contributed by atoms with E-state index in [1.54, 1.807) is 0 Å². The quantitative estimate of drug-likeness (QED) is 0.865. The molecule has 0 unspecified atom stereocenters. The molecular formula is C14H20N2O. The van der Waals surface area contributed by atoms with Gasteiger partial charge in [0.15, 0.2) is 0 Å². The Morgan fingerprint density at radius 3 is 2.88 bits per heavy atom. The van der Waals surface area contributed by atoms with Gasteiger partial charge in [-0.1, -0.05) is 25.1 Å². The van der Waals surface area contributed by atoms with Crippen molar-refractivity contribution in [1.29, 1.82) is 0 Å². The number of hydrogen-bond donors (Lipinski definition) is 1. The van der Waals surface area contributed by atoms with Crippen LogP contribution in [0.4, 0.5) is 0 Å². The lowest BCUT2D eigenvalue weighted by Crippen LogP contribution is -2.42. The molecule has 1 aromatic carbocycles. The molecule has 2 rings (SSSR count). The molecule has 0 radical (unpaired) electrons. The van der Waals surface area contributed by atoms with Crippen molar-refractivity contribution in [2.45, 2.75) is 19.8 Å². The molecule has 0 saturated carbocycles. The van der Waals surface area contributed by atoms with E-state index >= 15 is 0 Å². The lowest BCUT2D eigenvalue weighted by molar-refractivity contribution is 0.0900. The second kappa shape index (κ2) is 5.82. The van der Waals surface area contributed by atoms with Crippen LogP contribution < -0.4 is 5.32 Å². The third-order valence-electron chi connectivity index (χ3n) is 3.24. The van der Waals surface area contributed by atoms with Crippen molar-refractivity contribution in [3.63, 3.8) is 0 Å². The monoisotopic (exact) mass is 232 g/mol. The summed E-state index contributed by atoms with van der Waals surface area (Å²) in [6, 6.07) is 9.38. The Labute approximate surface area is 103 Å². The Hall–Kier alpha value is -1.35. The first-order valence-electron chi connectivity index (χ1n) is 6.31. The van der Waals surface area contributed by atoms with E-state index in [0.29, 0.717) is 6.67 Å². The molecule has 1 heterocycles. The van der Waals surface area contributed by atoms with Gasteiger partial charge >= 0.3 is 0 Å². The molecule has 0 bridgehead atoms. The molecule has 1 amide bonds. The number of carbonyl (C=O) groups excluding carboxylic acids is 1. The van der Waals surface area contributed by atoms with Gasteiger partial charge in [-0.05, 0) is 37.4 Å². The average molecular weight is 232 g/mol. The fourth-order valence-electron chi connectivity index (χ4n) is 2.31. The zero-order valence-corrected chi connectivity index (χ0v) is 10.4. The van der Waals surface area contributed by atoms with Crippen LogP contribution in [-0.4, -0.2) is 30.6 Å². The molecule has 0 spiro atoms. The summed E-state index contributed by atoms with van der Waals surface area (Å²) in [4.78, 5) is 14.1. The molecule has 3 nitrogen and oxygen atoms in total. The summed E-state index contributed by atoms with van der Waals surface area (Å²) in [5.74, 6) is 0.765. The van der Waals surface area contributed by atoms with Crippen LogP contribution in [0.15, 0.2) is 30.3 Å². The van der Waals surface area contributed by atoms with Gasteiger partial charge in [0.25, 0.3) is 5.91 Å². The smallest absolute Gasteiger partial charge is 0.252 e. The molecule has 0 aliphatic carbocycles. The van der Waals surface area contributed by atoms with Crippen LogP contribution in [0.1, 0.15) is 30.1 Å². The summed E-state index contributed by atoms with van der Waals surface area (Å²) in [7, 11) is 0. The zero-order chi connectivity index (χ0) is 12.1. The number of amides is 1. The molecule has 3 heteroatoms. The van der Waals surface area contributed by atoms with Crippen molar-refractivity contribution in [2.75, 3.05) is 19.8 Å². The third-order valence-corrected chi connectivity index (χ3v) is 3.24. The fourth-order valence-corrected chi connectivity index (χ4v) is 2.31. The first-order chi connectivity index (χ1) is 8.25. The molecule has 1 saturated heterocycles. The van der Waals surface area contributed by atoms with Crippen molar-refractivity contribution < 1.29 is 4.79 Å². The highest BCUT2D eigenvalue weighted by atomic mass is 16.1. The van der Waals surface area contributed by atoms with Crippen molar-refractivity contribution >= 4 is 5.91 Å². The van der Waals surface area contributed by atoms with Crippen LogP contribution in [0.3, 0.4) is 0 Å². The first-order valence-corrected chi connectivity index (χ1v) is 6.31. The van der Waals surface area contributed by atoms with Crippen molar-refractivity contribution in [3.8, 4) is 0 Å². The predicted molar refractivity (Wildman–Crippen MR) is 68.7 cm³/mol. The second-order valence-corrected chi connectivity index (χ2v) is 4.85. The molecule has 0 aromatic heterocycles. The standard InChI is InChI=1S/C14H20N2O/c1-12-6-5-9-16(10-12)11-15-14(17)13-7-3-2-4-8-13/h2-4,7-8,12H,5-6,9-11H2,1H3,(H,15,17)/t12-/m1/s1. The van der Waals surface area contributed by atoms with Crippen molar-refractivity contribution in [1.82, 2.24) is 10.2 Å². The molecule has 1 aromatic rings. The Bertz CT molecular complexity index is 364. The minimum Gasteiger partial charge on any atom is -0.339 e. The molecule has 17 heavy (non-hydrogen) atoms. The third kappa shape index (κ3) is 3.56. The highest BCUT2D eigenvalue weighted by Crippen LogP contribution is 2.14. The maximum absolute atomic E-state index is 11.8. The number of nitrogens with one attached hydrogen (secondary N) is 1. The van der Waals surface area contributed by atoms with E-state index in [-0.39, 0.29) is 5.91 Å². The van der Waals surface area contributed by atoms with Gasteiger partial charge in [0.2, 0.25) is 0 Å². The molecular weight excluding hydrogens is 212 g/mol. The number of carbonyl (C=O) groups is 1. The number of hydrogen-bond acceptors (Lipinski definition) is 2. The summed E-state index contributed by atoms with van der Waals surface area (Å²) in [6.07, 6.45) is 2.55. The lowest BCUT2D eigenvalue weighted by Gasteiger charge is -2.30. The maximum Gasteiger partial charge on any atom is 0.252 e. The van der Waals surface area contributed by atoms with E-state index in [0.717, 1.165) is 24.6 Å². The van der Waals surface area contributed by atoms with E-state index in [2.05, 4.69) is 17.1 Å². The minimum atomic E-state index is 0.0174. The summed E-state index contributed by atoms with van der Waals surface area (Å²) in [5.41, 5.74) is 0.734. The van der Waals surface area contributed by atoms with Gasteiger partial charge in [-0.25, -0.2) is 0 Å². The topological polar surface area (TPSA) is 32.3 Å². The van der Waals surface area contributed by atoms with Gasteiger partial charge in [-0.15, -0.1) is 0 Å². The van der Waals surface area contributed by atoms with Crippen molar-refractivity contribution in [2.24, 2.45) is 5.92 Å². The summed E-state index contributed by atoms with van der Waals surface area (Å²) < 4.78 is 0. The molecule has 1 N–H and O–H groups in total. The van der Waals surface area contributed by atoms with Gasteiger partial charge in [-0.2, -0.15) is 0 Å². The predicted octanol–water partition coefficient (Wildman–Crippen LogP) is 2.11. The highest BCUT2D eigenvalue weighted by molar-refractivity contribution is 5.94. The first kappa shape index (κ1) is 12.1. The molecule has 92 valence electrons. The Morgan fingerprint density at radius 1 is 1.41 bits per heavy atom. The number of likely N-dealkylation sites (tertiary alicyclic amines) is 1. The largest absolute Gasteiger partial charge is 0.339 e. The summed E-state index contributed by atoms with van der Waals surface area (Å²) in [5, 5.41) is 2.98. The van der Waals surface area contributed by atoms with Gasteiger partial charge in [0, 0.05) is 12.1 Å². The minimum absolute atomic E-state index is 0.0174. The van der Waals surface area contributed by atoms with Crippen LogP contribution in [0.5, 0.6) is 0 Å². The normalized spacial score (nSPS) is 21.1. The molecule has 1 aliphatic rings. The highest BCUT2D eigenvalue weighted by Gasteiger charge is 2.16. The average Bonchev–Trinajstić information content (AvgIpc) is 2.37. The molecule has 1 atom stereocenters. The SMILES string of the molecule is C[C@@H]1CCCN(CNC(=O)c2ccccc2)C1. The number of rotatable bonds is 3. The second-order valence-electron chi connectivity index (χ2n) is 4.85. The number of piperidine rings is 1. The Balaban J connectivity index is 1.80. The summed E-state index contributed by atoms with van der Waals surface area (Å²) in [6.45, 7) is 5.12. The fraction of sp³-hybridized carbons (Fsp3) is 0.500. The Morgan fingerprint density at radius 2 is 2.18 bits per heavy atom. The molecule has 1 aliphatic heterocycles. The van der Waals surface area contributed by atoms with E-state index in [9.17, 15) is 4.79 Å². The van der Waals surface area contributed by atoms with Gasteiger partial charge in [0.05, 0.1) is 6.67 Å². The van der Waals surface area contributed by atoms with Crippen LogP contribution in [0.2, 0.25) is 0 Å². The Kier molecular flexibility index (Phi) is 4.15. The lowest BCUT2D eigenvalue weighted by atomic mass is 10.0. The van der Waals surface area contributed by atoms with Gasteiger partial charge in [-0.3, -0.25) is 9.69 Å². The van der Waals surface area contributed by atoms with E-state index < -0.39 is 0 Å². The van der Waals surface area contributed by atoms with E-state index in [1.165, 1.54) is 12.8 Å². The van der Waals surface area contributed by atoms with Crippen molar-refractivity contribution in [3.05, 3.63) is 35.9 Å². The van der Waals surface area contributed by atoms with Crippen LogP contribution in [-0.2, 0) is 0 Å². The van der Waals surface area contributed by atoms with Crippen LogP contribution in [0.25, 0.3) is 0 Å². The molecule has 1 fully saturated rings. The number of nitrogens with zero attached hydrogens (tertiary/aromatic N) is 1. The van der Waals surface area contributed by atoms with Crippen LogP contribution in [0, 0.1) is 5.92 Å². The van der Waals surface area contributed by atoms with Gasteiger partial charge in [0.1, 0.15) is 0 Å².